The molecule has 1 atom stereocenters. The second kappa shape index (κ2) is 4.09. The molecule has 0 aromatic carbocycles. The van der Waals surface area contributed by atoms with Crippen LogP contribution in [-0.4, -0.2) is 20.6 Å². The van der Waals surface area contributed by atoms with Crippen LogP contribution in [0.3, 0.4) is 0 Å². The third-order valence-electron chi connectivity index (χ3n) is 6.04. The Labute approximate surface area is 119 Å². The predicted octanol–water partition coefficient (Wildman–Crippen LogP) is 3.03. The normalized spacial score (nSPS) is 40.0. The highest BCUT2D eigenvalue weighted by Crippen LogP contribution is 2.63. The number of carboxylic acids is 1. The van der Waals surface area contributed by atoms with E-state index in [-0.39, 0.29) is 5.41 Å². The molecule has 0 radical (unpaired) electrons. The number of carboxylic acid groups (broad SMARTS) is 1. The Morgan fingerprint density at radius 1 is 1.30 bits per heavy atom. The largest absolute Gasteiger partial charge is 0.480 e. The molecule has 4 saturated carbocycles. The Hall–Kier alpha value is -1.32. The van der Waals surface area contributed by atoms with Crippen molar-refractivity contribution >= 4 is 5.97 Å². The molecule has 20 heavy (non-hydrogen) atoms. The van der Waals surface area contributed by atoms with Gasteiger partial charge in [-0.15, -0.1) is 0 Å². The lowest BCUT2D eigenvalue weighted by Gasteiger charge is -2.58. The van der Waals surface area contributed by atoms with Crippen LogP contribution in [0.1, 0.15) is 50.3 Å². The zero-order valence-corrected chi connectivity index (χ0v) is 12.0. The van der Waals surface area contributed by atoms with E-state index in [2.05, 4.69) is 4.98 Å². The first-order valence-corrected chi connectivity index (χ1v) is 7.79. The van der Waals surface area contributed by atoms with Crippen molar-refractivity contribution in [2.45, 2.75) is 51.5 Å². The molecule has 108 valence electrons. The van der Waals surface area contributed by atoms with Crippen molar-refractivity contribution in [1.29, 1.82) is 0 Å². The molecule has 4 fully saturated rings. The van der Waals surface area contributed by atoms with E-state index in [0.717, 1.165) is 42.7 Å². The van der Waals surface area contributed by atoms with E-state index >= 15 is 0 Å². The summed E-state index contributed by atoms with van der Waals surface area (Å²) in [5, 5.41) is 9.88. The van der Waals surface area contributed by atoms with E-state index in [1.165, 1.54) is 19.3 Å². The molecule has 5 rings (SSSR count). The van der Waals surface area contributed by atoms with E-state index < -0.39 is 12.0 Å². The SMILES string of the molecule is Cc1cncn1C(C(=O)O)C12CC3CC(CC(C3)C1)C2. The van der Waals surface area contributed by atoms with Crippen LogP contribution in [-0.2, 0) is 4.79 Å². The van der Waals surface area contributed by atoms with Gasteiger partial charge < -0.3 is 9.67 Å². The minimum atomic E-state index is -0.673. The second-order valence-corrected chi connectivity index (χ2v) is 7.46. The summed E-state index contributed by atoms with van der Waals surface area (Å²) in [5.41, 5.74) is 0.944. The first-order valence-electron chi connectivity index (χ1n) is 7.79. The minimum Gasteiger partial charge on any atom is -0.480 e. The van der Waals surface area contributed by atoms with Crippen LogP contribution in [0.4, 0.5) is 0 Å². The van der Waals surface area contributed by atoms with Gasteiger partial charge in [-0.25, -0.2) is 9.78 Å². The molecule has 4 nitrogen and oxygen atoms in total. The summed E-state index contributed by atoms with van der Waals surface area (Å²) < 4.78 is 1.91. The van der Waals surface area contributed by atoms with Crippen molar-refractivity contribution in [3.63, 3.8) is 0 Å². The Morgan fingerprint density at radius 2 is 1.85 bits per heavy atom. The molecule has 1 N–H and O–H groups in total. The smallest absolute Gasteiger partial charge is 0.327 e. The number of nitrogens with zero attached hydrogens (tertiary/aromatic N) is 2. The molecule has 1 aromatic heterocycles. The van der Waals surface area contributed by atoms with E-state index in [1.54, 1.807) is 12.5 Å². The molecule has 1 heterocycles. The Balaban J connectivity index is 1.77. The molecule has 0 spiro atoms. The van der Waals surface area contributed by atoms with Gasteiger partial charge in [-0.2, -0.15) is 0 Å². The van der Waals surface area contributed by atoms with Crippen molar-refractivity contribution in [3.8, 4) is 0 Å². The van der Waals surface area contributed by atoms with E-state index in [9.17, 15) is 9.90 Å². The van der Waals surface area contributed by atoms with Crippen LogP contribution in [0.15, 0.2) is 12.5 Å². The van der Waals surface area contributed by atoms with Crippen LogP contribution in [0.5, 0.6) is 0 Å². The molecule has 4 bridgehead atoms. The minimum absolute atomic E-state index is 0.0218. The maximum Gasteiger partial charge on any atom is 0.327 e. The monoisotopic (exact) mass is 274 g/mol. The standard InChI is InChI=1S/C16H22N2O2/c1-10-8-17-9-18(10)14(15(19)20)16-5-11-2-12(6-16)4-13(3-11)7-16/h8-9,11-14H,2-7H2,1H3,(H,19,20). The number of aliphatic carboxylic acids is 1. The van der Waals surface area contributed by atoms with Crippen molar-refractivity contribution in [3.05, 3.63) is 18.2 Å². The van der Waals surface area contributed by atoms with E-state index in [4.69, 9.17) is 0 Å². The number of carbonyl (C=O) groups is 1. The zero-order chi connectivity index (χ0) is 13.9. The zero-order valence-electron chi connectivity index (χ0n) is 12.0. The molecule has 1 unspecified atom stereocenters. The fourth-order valence-electron chi connectivity index (χ4n) is 5.83. The highest BCUT2D eigenvalue weighted by molar-refractivity contribution is 5.73. The third kappa shape index (κ3) is 1.66. The van der Waals surface area contributed by atoms with Gasteiger partial charge in [0.25, 0.3) is 0 Å². The lowest BCUT2D eigenvalue weighted by atomic mass is 9.47. The van der Waals surface area contributed by atoms with Gasteiger partial charge in [-0.3, -0.25) is 0 Å². The number of imidazole rings is 1. The van der Waals surface area contributed by atoms with Gasteiger partial charge in [0.1, 0.15) is 6.04 Å². The summed E-state index contributed by atoms with van der Waals surface area (Å²) >= 11 is 0. The number of rotatable bonds is 3. The fourth-order valence-corrected chi connectivity index (χ4v) is 5.83. The van der Waals surface area contributed by atoms with Crippen molar-refractivity contribution in [2.75, 3.05) is 0 Å². The maximum absolute atomic E-state index is 12.0. The molecule has 0 saturated heterocycles. The Kier molecular flexibility index (Phi) is 2.54. The van der Waals surface area contributed by atoms with Crippen LogP contribution in [0.2, 0.25) is 0 Å². The van der Waals surface area contributed by atoms with Gasteiger partial charge in [0, 0.05) is 17.3 Å². The summed E-state index contributed by atoms with van der Waals surface area (Å²) in [4.78, 5) is 16.2. The first-order chi connectivity index (χ1) is 9.57. The average Bonchev–Trinajstić information content (AvgIpc) is 2.73. The number of aromatic nitrogens is 2. The number of hydrogen-bond donors (Lipinski definition) is 1. The predicted molar refractivity (Wildman–Crippen MR) is 74.2 cm³/mol. The fraction of sp³-hybridized carbons (Fsp3) is 0.750. The quantitative estimate of drug-likeness (QED) is 0.921. The second-order valence-electron chi connectivity index (χ2n) is 7.46. The van der Waals surface area contributed by atoms with E-state index in [0.29, 0.717) is 0 Å². The Bertz CT molecular complexity index is 513. The van der Waals surface area contributed by atoms with Crippen molar-refractivity contribution < 1.29 is 9.90 Å². The molecular formula is C16H22N2O2. The number of hydrogen-bond acceptors (Lipinski definition) is 2. The molecule has 1 aromatic rings. The number of aryl methyl sites for hydroxylation is 1. The lowest BCUT2D eigenvalue weighted by Crippen LogP contribution is -2.52. The summed E-state index contributed by atoms with van der Waals surface area (Å²) in [6.07, 6.45) is 10.8. The summed E-state index contributed by atoms with van der Waals surface area (Å²) in [6.45, 7) is 1.96. The topological polar surface area (TPSA) is 55.1 Å². The average molecular weight is 274 g/mol. The highest BCUT2D eigenvalue weighted by atomic mass is 16.4. The van der Waals surface area contributed by atoms with E-state index in [1.807, 2.05) is 11.5 Å². The van der Waals surface area contributed by atoms with Crippen LogP contribution >= 0.6 is 0 Å². The molecule has 4 aliphatic carbocycles. The molecule has 4 heteroatoms. The van der Waals surface area contributed by atoms with Gasteiger partial charge >= 0.3 is 5.97 Å². The Morgan fingerprint density at radius 3 is 2.25 bits per heavy atom. The maximum atomic E-state index is 12.0. The molecule has 4 aliphatic rings. The van der Waals surface area contributed by atoms with Gasteiger partial charge in [0.15, 0.2) is 0 Å². The van der Waals surface area contributed by atoms with Gasteiger partial charge in [0.2, 0.25) is 0 Å². The lowest BCUT2D eigenvalue weighted by molar-refractivity contribution is -0.155. The van der Waals surface area contributed by atoms with Crippen LogP contribution in [0.25, 0.3) is 0 Å². The van der Waals surface area contributed by atoms with Crippen LogP contribution < -0.4 is 0 Å². The van der Waals surface area contributed by atoms with Crippen molar-refractivity contribution in [1.82, 2.24) is 9.55 Å². The molecular weight excluding hydrogens is 252 g/mol. The van der Waals surface area contributed by atoms with Gasteiger partial charge in [0.05, 0.1) is 6.33 Å². The third-order valence-corrected chi connectivity index (χ3v) is 6.04. The molecule has 0 aliphatic heterocycles. The van der Waals surface area contributed by atoms with Gasteiger partial charge in [-0.05, 0) is 63.2 Å². The summed E-state index contributed by atoms with van der Waals surface area (Å²) in [7, 11) is 0. The van der Waals surface area contributed by atoms with Crippen LogP contribution in [0, 0.1) is 30.1 Å². The van der Waals surface area contributed by atoms with Crippen molar-refractivity contribution in [2.24, 2.45) is 23.2 Å². The van der Waals surface area contributed by atoms with Gasteiger partial charge in [-0.1, -0.05) is 0 Å². The summed E-state index contributed by atoms with van der Waals surface area (Å²) in [5.74, 6) is 1.64. The first kappa shape index (κ1) is 12.4. The molecule has 0 amide bonds. The summed E-state index contributed by atoms with van der Waals surface area (Å²) in [6, 6.07) is -0.418. The highest BCUT2D eigenvalue weighted by Gasteiger charge is 2.56.